The number of nitrogens with zero attached hydrogens (tertiary/aromatic N) is 6. The SMILES string of the molecule is CCOC(=O)c1[nH]c2ccc(N=[N+]=[N-])cc2c1OC(=O)c1cc2cc(N=[N+]=[N-])ccc2[nH]1. The number of benzene rings is 2. The second-order valence-electron chi connectivity index (χ2n) is 6.50. The molecule has 0 spiro atoms. The average Bonchev–Trinajstić information content (AvgIpc) is 3.36. The number of esters is 2. The second-order valence-corrected chi connectivity index (χ2v) is 6.50. The first-order valence-corrected chi connectivity index (χ1v) is 9.32. The van der Waals surface area contributed by atoms with Gasteiger partial charge in [0.1, 0.15) is 5.69 Å². The van der Waals surface area contributed by atoms with Crippen LogP contribution in [0.4, 0.5) is 11.4 Å². The number of nitrogens with one attached hydrogen (secondary N) is 2. The van der Waals surface area contributed by atoms with E-state index in [0.29, 0.717) is 27.5 Å². The van der Waals surface area contributed by atoms with Crippen LogP contribution in [-0.2, 0) is 4.74 Å². The molecule has 4 rings (SSSR count). The number of aromatic amines is 2. The van der Waals surface area contributed by atoms with Crippen molar-refractivity contribution in [3.8, 4) is 5.75 Å². The van der Waals surface area contributed by atoms with E-state index in [0.717, 1.165) is 0 Å². The molecule has 12 nitrogen and oxygen atoms in total. The number of carbonyl (C=O) groups is 2. The molecular formula is C20H14N8O4. The number of fused-ring (bicyclic) bond motifs is 2. The number of carbonyl (C=O) groups excluding carboxylic acids is 2. The smallest absolute Gasteiger partial charge is 0.360 e. The van der Waals surface area contributed by atoms with Crippen molar-refractivity contribution in [1.82, 2.24) is 9.97 Å². The molecule has 2 heterocycles. The van der Waals surface area contributed by atoms with Crippen molar-refractivity contribution in [2.45, 2.75) is 6.92 Å². The molecule has 32 heavy (non-hydrogen) atoms. The van der Waals surface area contributed by atoms with E-state index in [9.17, 15) is 9.59 Å². The van der Waals surface area contributed by atoms with Crippen LogP contribution in [0, 0.1) is 0 Å². The highest BCUT2D eigenvalue weighted by Crippen LogP contribution is 2.34. The van der Waals surface area contributed by atoms with Gasteiger partial charge in [-0.2, -0.15) is 0 Å². The molecule has 2 aromatic carbocycles. The number of hydrogen-bond acceptors (Lipinski definition) is 6. The zero-order valence-electron chi connectivity index (χ0n) is 16.6. The Morgan fingerprint density at radius 3 is 2.31 bits per heavy atom. The maximum absolute atomic E-state index is 12.9. The summed E-state index contributed by atoms with van der Waals surface area (Å²) in [6.07, 6.45) is 0. The summed E-state index contributed by atoms with van der Waals surface area (Å²) in [6.45, 7) is 1.78. The number of H-pyrrole nitrogens is 2. The molecule has 0 amide bonds. The summed E-state index contributed by atoms with van der Waals surface area (Å²) in [5.41, 5.74) is 19.2. The Morgan fingerprint density at radius 2 is 1.62 bits per heavy atom. The Kier molecular flexibility index (Phi) is 5.37. The van der Waals surface area contributed by atoms with E-state index in [-0.39, 0.29) is 29.4 Å². The van der Waals surface area contributed by atoms with Crippen LogP contribution in [0.1, 0.15) is 27.9 Å². The fraction of sp³-hybridized carbons (Fsp3) is 0.100. The zero-order chi connectivity index (χ0) is 22.7. The van der Waals surface area contributed by atoms with Gasteiger partial charge in [0.15, 0.2) is 11.4 Å². The molecule has 158 valence electrons. The Hall–Kier alpha value is -4.92. The lowest BCUT2D eigenvalue weighted by atomic mass is 10.2. The lowest BCUT2D eigenvalue weighted by molar-refractivity contribution is 0.0515. The van der Waals surface area contributed by atoms with E-state index in [1.54, 1.807) is 43.3 Å². The minimum absolute atomic E-state index is 0.0463. The van der Waals surface area contributed by atoms with Crippen LogP contribution >= 0.6 is 0 Å². The summed E-state index contributed by atoms with van der Waals surface area (Å²) < 4.78 is 10.6. The first kappa shape index (κ1) is 20.4. The van der Waals surface area contributed by atoms with Gasteiger partial charge in [-0.1, -0.05) is 22.4 Å². The molecule has 0 aliphatic heterocycles. The third-order valence-electron chi connectivity index (χ3n) is 4.55. The molecule has 0 saturated carbocycles. The van der Waals surface area contributed by atoms with Crippen molar-refractivity contribution in [2.24, 2.45) is 10.2 Å². The Labute approximate surface area is 179 Å². The fourth-order valence-corrected chi connectivity index (χ4v) is 3.21. The van der Waals surface area contributed by atoms with Crippen LogP contribution in [-0.4, -0.2) is 28.5 Å². The molecule has 0 saturated heterocycles. The van der Waals surface area contributed by atoms with Gasteiger partial charge in [0.25, 0.3) is 0 Å². The Morgan fingerprint density at radius 1 is 0.938 bits per heavy atom. The molecular weight excluding hydrogens is 416 g/mol. The highest BCUT2D eigenvalue weighted by Gasteiger charge is 2.24. The largest absolute Gasteiger partial charge is 0.461 e. The molecule has 0 fully saturated rings. The summed E-state index contributed by atoms with van der Waals surface area (Å²) in [4.78, 5) is 36.6. The molecule has 0 aliphatic rings. The normalized spacial score (nSPS) is 10.4. The molecule has 0 bridgehead atoms. The molecule has 0 aliphatic carbocycles. The monoisotopic (exact) mass is 430 g/mol. The van der Waals surface area contributed by atoms with E-state index in [2.05, 4.69) is 30.0 Å². The summed E-state index contributed by atoms with van der Waals surface area (Å²) in [5, 5.41) is 8.09. The van der Waals surface area contributed by atoms with E-state index >= 15 is 0 Å². The van der Waals surface area contributed by atoms with Crippen molar-refractivity contribution in [1.29, 1.82) is 0 Å². The van der Waals surface area contributed by atoms with Crippen molar-refractivity contribution in [2.75, 3.05) is 6.61 Å². The quantitative estimate of drug-likeness (QED) is 0.166. The van der Waals surface area contributed by atoms with E-state index in [1.165, 1.54) is 6.07 Å². The third-order valence-corrected chi connectivity index (χ3v) is 4.55. The van der Waals surface area contributed by atoms with Crippen LogP contribution in [0.2, 0.25) is 0 Å². The van der Waals surface area contributed by atoms with Gasteiger partial charge in [0, 0.05) is 43.0 Å². The van der Waals surface area contributed by atoms with Gasteiger partial charge in [-0.3, -0.25) is 0 Å². The van der Waals surface area contributed by atoms with Crippen molar-refractivity contribution in [3.63, 3.8) is 0 Å². The first-order chi connectivity index (χ1) is 15.5. The third kappa shape index (κ3) is 3.77. The standard InChI is InChI=1S/C20H14N8O4/c1-2-31-20(30)17-18(13-9-12(26-28-22)4-6-15(13)24-17)32-19(29)16-8-10-7-11(25-27-21)3-5-14(10)23-16/h3-9,23-24H,2H2,1H3. The van der Waals surface area contributed by atoms with Gasteiger partial charge in [-0.15, -0.1) is 0 Å². The van der Waals surface area contributed by atoms with Crippen LogP contribution < -0.4 is 4.74 Å². The maximum Gasteiger partial charge on any atom is 0.360 e. The van der Waals surface area contributed by atoms with Crippen molar-refractivity contribution >= 4 is 45.1 Å². The zero-order valence-corrected chi connectivity index (χ0v) is 16.6. The number of aromatic nitrogens is 2. The van der Waals surface area contributed by atoms with Gasteiger partial charge < -0.3 is 19.4 Å². The molecule has 0 atom stereocenters. The van der Waals surface area contributed by atoms with E-state index < -0.39 is 11.9 Å². The molecule has 2 N–H and O–H groups in total. The number of azide groups is 2. The summed E-state index contributed by atoms with van der Waals surface area (Å²) >= 11 is 0. The summed E-state index contributed by atoms with van der Waals surface area (Å²) in [7, 11) is 0. The van der Waals surface area contributed by atoms with Crippen LogP contribution in [0.25, 0.3) is 42.7 Å². The Balaban J connectivity index is 1.77. The average molecular weight is 430 g/mol. The van der Waals surface area contributed by atoms with E-state index in [1.807, 2.05) is 0 Å². The minimum atomic E-state index is -0.757. The number of ether oxygens (including phenoxy) is 2. The predicted octanol–water partition coefficient (Wildman–Crippen LogP) is 5.93. The minimum Gasteiger partial charge on any atom is -0.461 e. The number of rotatable bonds is 6. The topological polar surface area (TPSA) is 182 Å². The van der Waals surface area contributed by atoms with Crippen LogP contribution in [0.3, 0.4) is 0 Å². The molecule has 0 unspecified atom stereocenters. The van der Waals surface area contributed by atoms with Gasteiger partial charge in [0.05, 0.1) is 6.61 Å². The molecule has 2 aromatic heterocycles. The lowest BCUT2D eigenvalue weighted by Crippen LogP contribution is -2.13. The first-order valence-electron chi connectivity index (χ1n) is 9.32. The van der Waals surface area contributed by atoms with Crippen molar-refractivity contribution in [3.05, 3.63) is 74.7 Å². The highest BCUT2D eigenvalue weighted by molar-refractivity contribution is 6.05. The van der Waals surface area contributed by atoms with Gasteiger partial charge >= 0.3 is 11.9 Å². The fourth-order valence-electron chi connectivity index (χ4n) is 3.21. The maximum atomic E-state index is 12.9. The second kappa shape index (κ2) is 8.44. The summed E-state index contributed by atoms with van der Waals surface area (Å²) in [6, 6.07) is 11.1. The lowest BCUT2D eigenvalue weighted by Gasteiger charge is -2.05. The van der Waals surface area contributed by atoms with Gasteiger partial charge in [0.2, 0.25) is 0 Å². The van der Waals surface area contributed by atoms with Crippen LogP contribution in [0.15, 0.2) is 52.7 Å². The van der Waals surface area contributed by atoms with Gasteiger partial charge in [-0.25, -0.2) is 9.59 Å². The van der Waals surface area contributed by atoms with Crippen LogP contribution in [0.5, 0.6) is 5.75 Å². The summed E-state index contributed by atoms with van der Waals surface area (Å²) in [5.74, 6) is -1.51. The highest BCUT2D eigenvalue weighted by atomic mass is 16.5. The predicted molar refractivity (Wildman–Crippen MR) is 115 cm³/mol. The molecule has 0 radical (unpaired) electrons. The Bertz CT molecular complexity index is 1470. The van der Waals surface area contributed by atoms with E-state index in [4.69, 9.17) is 20.5 Å². The van der Waals surface area contributed by atoms with Crippen molar-refractivity contribution < 1.29 is 19.1 Å². The van der Waals surface area contributed by atoms with Gasteiger partial charge in [-0.05, 0) is 48.3 Å². The molecule has 4 aromatic rings. The number of hydrogen-bond donors (Lipinski definition) is 2. The molecule has 12 heteroatoms.